The summed E-state index contributed by atoms with van der Waals surface area (Å²) in [6.07, 6.45) is 4.38. The van der Waals surface area contributed by atoms with E-state index in [4.69, 9.17) is 10.5 Å². The lowest BCUT2D eigenvalue weighted by Gasteiger charge is -2.26. The molecule has 0 radical (unpaired) electrons. The highest BCUT2D eigenvalue weighted by Crippen LogP contribution is 2.27. The van der Waals surface area contributed by atoms with Gasteiger partial charge in [0, 0.05) is 5.69 Å². The summed E-state index contributed by atoms with van der Waals surface area (Å²) in [5.41, 5.74) is 7.76. The molecule has 98 valence electrons. The van der Waals surface area contributed by atoms with Crippen LogP contribution in [0.3, 0.4) is 0 Å². The van der Waals surface area contributed by atoms with Gasteiger partial charge in [0.25, 0.3) is 0 Å². The SMILES string of the molecule is Cc1cccc(N)c1C(=O)OC1CCCC(C)C1. The summed E-state index contributed by atoms with van der Waals surface area (Å²) < 4.78 is 5.59. The van der Waals surface area contributed by atoms with Crippen LogP contribution in [0.2, 0.25) is 0 Å². The Hall–Kier alpha value is -1.51. The second-order valence-corrected chi connectivity index (χ2v) is 5.34. The van der Waals surface area contributed by atoms with Gasteiger partial charge in [0.15, 0.2) is 0 Å². The third-order valence-electron chi connectivity index (χ3n) is 3.67. The van der Waals surface area contributed by atoms with E-state index in [1.807, 2.05) is 19.1 Å². The number of esters is 1. The van der Waals surface area contributed by atoms with Crippen LogP contribution in [0.1, 0.15) is 48.5 Å². The average Bonchev–Trinajstić information content (AvgIpc) is 2.28. The molecule has 3 heteroatoms. The molecule has 18 heavy (non-hydrogen) atoms. The van der Waals surface area contributed by atoms with Gasteiger partial charge in [-0.05, 0) is 43.7 Å². The van der Waals surface area contributed by atoms with Gasteiger partial charge in [-0.25, -0.2) is 4.79 Å². The summed E-state index contributed by atoms with van der Waals surface area (Å²) in [4.78, 5) is 12.2. The van der Waals surface area contributed by atoms with E-state index in [1.54, 1.807) is 6.07 Å². The highest BCUT2D eigenvalue weighted by atomic mass is 16.5. The van der Waals surface area contributed by atoms with Crippen molar-refractivity contribution in [1.82, 2.24) is 0 Å². The van der Waals surface area contributed by atoms with E-state index in [-0.39, 0.29) is 12.1 Å². The number of rotatable bonds is 2. The van der Waals surface area contributed by atoms with Crippen molar-refractivity contribution in [3.8, 4) is 0 Å². The molecule has 1 aliphatic carbocycles. The van der Waals surface area contributed by atoms with Crippen molar-refractivity contribution in [2.24, 2.45) is 5.92 Å². The van der Waals surface area contributed by atoms with E-state index < -0.39 is 0 Å². The molecular weight excluding hydrogens is 226 g/mol. The Bertz CT molecular complexity index is 422. The first-order chi connectivity index (χ1) is 8.58. The zero-order valence-electron chi connectivity index (χ0n) is 11.1. The maximum absolute atomic E-state index is 12.2. The lowest BCUT2D eigenvalue weighted by Crippen LogP contribution is -2.25. The van der Waals surface area contributed by atoms with Crippen molar-refractivity contribution in [3.05, 3.63) is 29.3 Å². The summed E-state index contributed by atoms with van der Waals surface area (Å²) in [5, 5.41) is 0. The molecule has 1 saturated carbocycles. The van der Waals surface area contributed by atoms with Gasteiger partial charge < -0.3 is 10.5 Å². The Kier molecular flexibility index (Phi) is 3.90. The third kappa shape index (κ3) is 2.84. The first-order valence-corrected chi connectivity index (χ1v) is 6.64. The fraction of sp³-hybridized carbons (Fsp3) is 0.533. The van der Waals surface area contributed by atoms with Crippen molar-refractivity contribution < 1.29 is 9.53 Å². The van der Waals surface area contributed by atoms with Crippen LogP contribution < -0.4 is 5.73 Å². The quantitative estimate of drug-likeness (QED) is 0.644. The zero-order valence-corrected chi connectivity index (χ0v) is 11.1. The van der Waals surface area contributed by atoms with Gasteiger partial charge in [-0.2, -0.15) is 0 Å². The van der Waals surface area contributed by atoms with Crippen molar-refractivity contribution >= 4 is 11.7 Å². The number of hydrogen-bond donors (Lipinski definition) is 1. The molecule has 1 fully saturated rings. The molecule has 1 aromatic carbocycles. The summed E-state index contributed by atoms with van der Waals surface area (Å²) in [6, 6.07) is 5.48. The molecule has 2 atom stereocenters. The molecule has 0 aliphatic heterocycles. The number of hydrogen-bond acceptors (Lipinski definition) is 3. The lowest BCUT2D eigenvalue weighted by molar-refractivity contribution is 0.0155. The van der Waals surface area contributed by atoms with Crippen LogP contribution >= 0.6 is 0 Å². The molecule has 0 spiro atoms. The minimum absolute atomic E-state index is 0.0558. The summed E-state index contributed by atoms with van der Waals surface area (Å²) in [6.45, 7) is 4.10. The van der Waals surface area contributed by atoms with Crippen LogP contribution in [0.25, 0.3) is 0 Å². The number of aryl methyl sites for hydroxylation is 1. The first-order valence-electron chi connectivity index (χ1n) is 6.64. The maximum atomic E-state index is 12.2. The molecule has 0 heterocycles. The van der Waals surface area contributed by atoms with Gasteiger partial charge in [0.1, 0.15) is 6.10 Å². The monoisotopic (exact) mass is 247 g/mol. The summed E-state index contributed by atoms with van der Waals surface area (Å²) >= 11 is 0. The molecule has 0 bridgehead atoms. The van der Waals surface area contributed by atoms with Crippen LogP contribution in [0.4, 0.5) is 5.69 Å². The van der Waals surface area contributed by atoms with Gasteiger partial charge in [0.2, 0.25) is 0 Å². The predicted molar refractivity (Wildman–Crippen MR) is 72.4 cm³/mol. The van der Waals surface area contributed by atoms with Crippen LogP contribution in [-0.2, 0) is 4.74 Å². The van der Waals surface area contributed by atoms with Gasteiger partial charge in [-0.1, -0.05) is 25.5 Å². The van der Waals surface area contributed by atoms with Crippen LogP contribution in [0, 0.1) is 12.8 Å². The van der Waals surface area contributed by atoms with Gasteiger partial charge >= 0.3 is 5.97 Å². The standard InChI is InChI=1S/C15H21NO2/c1-10-5-3-7-12(9-10)18-15(17)14-11(2)6-4-8-13(14)16/h4,6,8,10,12H,3,5,7,9,16H2,1-2H3. The van der Waals surface area contributed by atoms with Crippen molar-refractivity contribution in [1.29, 1.82) is 0 Å². The number of carbonyl (C=O) groups is 1. The third-order valence-corrected chi connectivity index (χ3v) is 3.67. The number of anilines is 1. The molecular formula is C15H21NO2. The minimum atomic E-state index is -0.273. The Morgan fingerprint density at radius 2 is 2.17 bits per heavy atom. The van der Waals surface area contributed by atoms with Crippen molar-refractivity contribution in [2.45, 2.75) is 45.6 Å². The highest BCUT2D eigenvalue weighted by molar-refractivity contribution is 5.96. The second-order valence-electron chi connectivity index (χ2n) is 5.34. The number of nitrogens with two attached hydrogens (primary N) is 1. The smallest absolute Gasteiger partial charge is 0.340 e. The lowest BCUT2D eigenvalue weighted by atomic mass is 9.88. The van der Waals surface area contributed by atoms with E-state index in [0.717, 1.165) is 24.8 Å². The van der Waals surface area contributed by atoms with Crippen molar-refractivity contribution in [3.63, 3.8) is 0 Å². The topological polar surface area (TPSA) is 52.3 Å². The molecule has 1 aromatic rings. The molecule has 1 aliphatic rings. The average molecular weight is 247 g/mol. The summed E-state index contributed by atoms with van der Waals surface area (Å²) in [7, 11) is 0. The van der Waals surface area contributed by atoms with E-state index in [0.29, 0.717) is 17.2 Å². The fourth-order valence-electron chi connectivity index (χ4n) is 2.67. The highest BCUT2D eigenvalue weighted by Gasteiger charge is 2.24. The molecule has 0 aromatic heterocycles. The number of benzene rings is 1. The molecule has 2 unspecified atom stereocenters. The van der Waals surface area contributed by atoms with E-state index in [2.05, 4.69) is 6.92 Å². The maximum Gasteiger partial charge on any atom is 0.340 e. The van der Waals surface area contributed by atoms with Crippen LogP contribution in [0.5, 0.6) is 0 Å². The molecule has 0 saturated heterocycles. The molecule has 2 N–H and O–H groups in total. The Morgan fingerprint density at radius 1 is 1.39 bits per heavy atom. The van der Waals surface area contributed by atoms with Gasteiger partial charge in [0.05, 0.1) is 5.56 Å². The van der Waals surface area contributed by atoms with Gasteiger partial charge in [-0.15, -0.1) is 0 Å². The van der Waals surface area contributed by atoms with Crippen molar-refractivity contribution in [2.75, 3.05) is 5.73 Å². The molecule has 0 amide bonds. The number of carbonyl (C=O) groups excluding carboxylic acids is 1. The number of nitrogen functional groups attached to an aromatic ring is 1. The zero-order chi connectivity index (χ0) is 13.1. The predicted octanol–water partition coefficient (Wildman–Crippen LogP) is 3.31. The van der Waals surface area contributed by atoms with Crippen LogP contribution in [0.15, 0.2) is 18.2 Å². The first kappa shape index (κ1) is 12.9. The summed E-state index contributed by atoms with van der Waals surface area (Å²) in [5.74, 6) is 0.371. The largest absolute Gasteiger partial charge is 0.459 e. The van der Waals surface area contributed by atoms with Gasteiger partial charge in [-0.3, -0.25) is 0 Å². The fourth-order valence-corrected chi connectivity index (χ4v) is 2.67. The Labute approximate surface area is 108 Å². The second kappa shape index (κ2) is 5.42. The Balaban J connectivity index is 2.07. The normalized spacial score (nSPS) is 23.7. The number of ether oxygens (including phenoxy) is 1. The minimum Gasteiger partial charge on any atom is -0.459 e. The van der Waals surface area contributed by atoms with E-state index in [1.165, 1.54) is 6.42 Å². The van der Waals surface area contributed by atoms with E-state index >= 15 is 0 Å². The molecule has 3 nitrogen and oxygen atoms in total. The molecule has 2 rings (SSSR count). The van der Waals surface area contributed by atoms with E-state index in [9.17, 15) is 4.79 Å². The Morgan fingerprint density at radius 3 is 2.83 bits per heavy atom. The van der Waals surface area contributed by atoms with Crippen LogP contribution in [-0.4, -0.2) is 12.1 Å².